The van der Waals surface area contributed by atoms with Gasteiger partial charge in [0.15, 0.2) is 0 Å². The molecule has 0 atom stereocenters. The Balaban J connectivity index is 2.19. The van der Waals surface area contributed by atoms with Crippen molar-refractivity contribution in [2.24, 2.45) is 0 Å². The largest absolute Gasteiger partial charge is 0.468 e. The van der Waals surface area contributed by atoms with E-state index in [1.165, 1.54) is 18.0 Å². The summed E-state index contributed by atoms with van der Waals surface area (Å²) in [7, 11) is 1.29. The maximum absolute atomic E-state index is 11.2. The molecule has 0 spiro atoms. The molecule has 10 heteroatoms. The lowest BCUT2D eigenvalue weighted by atomic mass is 10.5. The Morgan fingerprint density at radius 2 is 2.32 bits per heavy atom. The Kier molecular flexibility index (Phi) is 4.56. The Morgan fingerprint density at radius 3 is 3.00 bits per heavy atom. The molecule has 0 aromatic carbocycles. The molecule has 0 radical (unpaired) electrons. The highest BCUT2D eigenvalue weighted by molar-refractivity contribution is 7.99. The van der Waals surface area contributed by atoms with Crippen LogP contribution in [0.5, 0.6) is 0 Å². The molecule has 2 aromatic rings. The molecule has 0 saturated heterocycles. The van der Waals surface area contributed by atoms with Crippen LogP contribution in [0, 0.1) is 0 Å². The number of hydrogen-bond donors (Lipinski definition) is 0. The summed E-state index contributed by atoms with van der Waals surface area (Å²) in [4.78, 5) is 15.3. The van der Waals surface area contributed by atoms with Crippen LogP contribution in [0.15, 0.2) is 22.4 Å². The molecular formula is C9H7Cl2N5O2S. The first-order valence-electron chi connectivity index (χ1n) is 4.92. The van der Waals surface area contributed by atoms with Crippen molar-refractivity contribution in [2.75, 3.05) is 7.11 Å². The molecule has 2 rings (SSSR count). The van der Waals surface area contributed by atoms with E-state index < -0.39 is 5.97 Å². The summed E-state index contributed by atoms with van der Waals surface area (Å²) in [6.07, 6.45) is 1.46. The zero-order chi connectivity index (χ0) is 13.8. The first-order valence-corrected chi connectivity index (χ1v) is 6.49. The first kappa shape index (κ1) is 14.0. The van der Waals surface area contributed by atoms with Crippen molar-refractivity contribution in [3.05, 3.63) is 22.3 Å². The third-order valence-electron chi connectivity index (χ3n) is 1.97. The minimum absolute atomic E-state index is 0.0863. The van der Waals surface area contributed by atoms with Crippen molar-refractivity contribution >= 4 is 40.9 Å². The normalized spacial score (nSPS) is 10.5. The topological polar surface area (TPSA) is 82.8 Å². The van der Waals surface area contributed by atoms with Gasteiger partial charge in [-0.15, -0.1) is 5.10 Å². The number of methoxy groups -OCH3 is 1. The van der Waals surface area contributed by atoms with Gasteiger partial charge in [-0.3, -0.25) is 4.79 Å². The second kappa shape index (κ2) is 6.18. The number of pyridine rings is 1. The molecule has 0 bridgehead atoms. The highest BCUT2D eigenvalue weighted by atomic mass is 35.5. The number of rotatable bonds is 4. The van der Waals surface area contributed by atoms with Crippen LogP contribution in [0.1, 0.15) is 0 Å². The van der Waals surface area contributed by atoms with Crippen LogP contribution < -0.4 is 0 Å². The van der Waals surface area contributed by atoms with Crippen molar-refractivity contribution in [3.63, 3.8) is 0 Å². The van der Waals surface area contributed by atoms with E-state index in [0.717, 1.165) is 11.8 Å². The standard InChI is InChI=1S/C9H7Cl2N5O2S/c1-18-7(17)4-16-9(13-14-15-16)19-8-6(11)2-5(10)3-12-8/h2-3H,4H2,1H3. The van der Waals surface area contributed by atoms with Crippen LogP contribution in [0.4, 0.5) is 0 Å². The predicted molar refractivity (Wildman–Crippen MR) is 68.2 cm³/mol. The Hall–Kier alpha value is -1.38. The summed E-state index contributed by atoms with van der Waals surface area (Å²) in [6, 6.07) is 1.56. The number of carbonyl (C=O) groups excluding carboxylic acids is 1. The monoisotopic (exact) mass is 319 g/mol. The van der Waals surface area contributed by atoms with Gasteiger partial charge in [0.2, 0.25) is 5.16 Å². The van der Waals surface area contributed by atoms with Gasteiger partial charge in [-0.2, -0.15) is 0 Å². The minimum Gasteiger partial charge on any atom is -0.468 e. The number of carbonyl (C=O) groups is 1. The van der Waals surface area contributed by atoms with Gasteiger partial charge in [0, 0.05) is 6.20 Å². The molecule has 0 aliphatic carbocycles. The molecule has 7 nitrogen and oxygen atoms in total. The smallest absolute Gasteiger partial charge is 0.327 e. The van der Waals surface area contributed by atoms with E-state index in [2.05, 4.69) is 25.2 Å². The number of ether oxygens (including phenoxy) is 1. The first-order chi connectivity index (χ1) is 9.10. The Labute approximate surface area is 122 Å². The molecule has 0 aliphatic rings. The molecule has 0 N–H and O–H groups in total. The zero-order valence-corrected chi connectivity index (χ0v) is 11.9. The van der Waals surface area contributed by atoms with Crippen LogP contribution in [0.3, 0.4) is 0 Å². The van der Waals surface area contributed by atoms with Crippen molar-refractivity contribution in [2.45, 2.75) is 16.7 Å². The van der Waals surface area contributed by atoms with Crippen molar-refractivity contribution in [1.82, 2.24) is 25.2 Å². The van der Waals surface area contributed by atoms with E-state index in [4.69, 9.17) is 23.2 Å². The minimum atomic E-state index is -0.454. The van der Waals surface area contributed by atoms with Gasteiger partial charge in [0.25, 0.3) is 0 Å². The Morgan fingerprint density at radius 1 is 1.53 bits per heavy atom. The molecule has 0 amide bonds. The molecule has 0 unspecified atom stereocenters. The molecule has 0 aliphatic heterocycles. The van der Waals surface area contributed by atoms with Crippen LogP contribution in [0.25, 0.3) is 0 Å². The van der Waals surface area contributed by atoms with Crippen LogP contribution in [-0.2, 0) is 16.1 Å². The van der Waals surface area contributed by atoms with Crippen LogP contribution in [0.2, 0.25) is 10.0 Å². The number of halogens is 2. The average molecular weight is 320 g/mol. The average Bonchev–Trinajstić information content (AvgIpc) is 2.80. The fourth-order valence-corrected chi connectivity index (χ4v) is 2.33. The molecule has 19 heavy (non-hydrogen) atoms. The van der Waals surface area contributed by atoms with E-state index >= 15 is 0 Å². The summed E-state index contributed by atoms with van der Waals surface area (Å²) in [5, 5.41) is 12.6. The molecule has 2 aromatic heterocycles. The fraction of sp³-hybridized carbons (Fsp3) is 0.222. The summed E-state index contributed by atoms with van der Waals surface area (Å²) in [5.74, 6) is -0.454. The second-order valence-electron chi connectivity index (χ2n) is 3.24. The number of hydrogen-bond acceptors (Lipinski definition) is 7. The molecule has 2 heterocycles. The highest BCUT2D eigenvalue weighted by Crippen LogP contribution is 2.31. The van der Waals surface area contributed by atoms with Crippen molar-refractivity contribution in [3.8, 4) is 0 Å². The highest BCUT2D eigenvalue weighted by Gasteiger charge is 2.14. The number of nitrogens with zero attached hydrogens (tertiary/aromatic N) is 5. The van der Waals surface area contributed by atoms with Gasteiger partial charge < -0.3 is 4.74 Å². The third kappa shape index (κ3) is 3.55. The third-order valence-corrected chi connectivity index (χ3v) is 3.57. The summed E-state index contributed by atoms with van der Waals surface area (Å²) in [6.45, 7) is -0.0863. The predicted octanol–water partition coefficient (Wildman–Crippen LogP) is 1.70. The maximum atomic E-state index is 11.2. The van der Waals surface area contributed by atoms with E-state index in [0.29, 0.717) is 20.2 Å². The summed E-state index contributed by atoms with van der Waals surface area (Å²) < 4.78 is 5.84. The number of aromatic nitrogens is 5. The van der Waals surface area contributed by atoms with Crippen LogP contribution >= 0.6 is 35.0 Å². The molecular weight excluding hydrogens is 313 g/mol. The van der Waals surface area contributed by atoms with Gasteiger partial charge in [-0.25, -0.2) is 9.67 Å². The van der Waals surface area contributed by atoms with Crippen molar-refractivity contribution < 1.29 is 9.53 Å². The molecule has 0 saturated carbocycles. The lowest BCUT2D eigenvalue weighted by molar-refractivity contribution is -0.141. The van der Waals surface area contributed by atoms with Crippen molar-refractivity contribution in [1.29, 1.82) is 0 Å². The lowest BCUT2D eigenvalue weighted by Crippen LogP contribution is -2.13. The quantitative estimate of drug-likeness (QED) is 0.793. The van der Waals surface area contributed by atoms with Gasteiger partial charge in [0.1, 0.15) is 11.6 Å². The van der Waals surface area contributed by atoms with E-state index in [-0.39, 0.29) is 6.54 Å². The summed E-state index contributed by atoms with van der Waals surface area (Å²) in [5.41, 5.74) is 0. The van der Waals surface area contributed by atoms with E-state index in [1.807, 2.05) is 0 Å². The van der Waals surface area contributed by atoms with Gasteiger partial charge in [-0.05, 0) is 28.3 Å². The van der Waals surface area contributed by atoms with Gasteiger partial charge in [-0.1, -0.05) is 23.2 Å². The second-order valence-corrected chi connectivity index (χ2v) is 5.04. The molecule has 100 valence electrons. The SMILES string of the molecule is COC(=O)Cn1nnnc1Sc1ncc(Cl)cc1Cl. The zero-order valence-electron chi connectivity index (χ0n) is 9.58. The lowest BCUT2D eigenvalue weighted by Gasteiger charge is -2.04. The van der Waals surface area contributed by atoms with E-state index in [1.54, 1.807) is 6.07 Å². The molecule has 0 fully saturated rings. The van der Waals surface area contributed by atoms with Gasteiger partial charge in [0.05, 0.1) is 17.2 Å². The maximum Gasteiger partial charge on any atom is 0.327 e. The summed E-state index contributed by atoms with van der Waals surface area (Å²) >= 11 is 12.9. The number of esters is 1. The van der Waals surface area contributed by atoms with Gasteiger partial charge >= 0.3 is 5.97 Å². The Bertz CT molecular complexity index is 606. The number of tetrazole rings is 1. The van der Waals surface area contributed by atoms with Crippen LogP contribution in [-0.4, -0.2) is 38.3 Å². The van der Waals surface area contributed by atoms with E-state index in [9.17, 15) is 4.79 Å². The fourth-order valence-electron chi connectivity index (χ4n) is 1.12.